The van der Waals surface area contributed by atoms with Gasteiger partial charge in [-0.25, -0.2) is 0 Å². The summed E-state index contributed by atoms with van der Waals surface area (Å²) in [5.74, 6) is 1.04. The van der Waals surface area contributed by atoms with Gasteiger partial charge in [0.05, 0.1) is 18.1 Å². The van der Waals surface area contributed by atoms with Crippen LogP contribution in [0.3, 0.4) is 0 Å². The summed E-state index contributed by atoms with van der Waals surface area (Å²) in [7, 11) is 2.20. The maximum atomic E-state index is 9.42. The zero-order valence-electron chi connectivity index (χ0n) is 13.2. The quantitative estimate of drug-likeness (QED) is 0.771. The second-order valence-electron chi connectivity index (χ2n) is 6.70. The van der Waals surface area contributed by atoms with Crippen molar-refractivity contribution in [2.75, 3.05) is 20.2 Å². The summed E-state index contributed by atoms with van der Waals surface area (Å²) < 4.78 is 5.86. The third-order valence-corrected chi connectivity index (χ3v) is 5.12. The SMILES string of the molecule is CCCC1CCC(C#N)C(N(C)CC2CCCCO2)C1. The van der Waals surface area contributed by atoms with Gasteiger partial charge in [-0.15, -0.1) is 0 Å². The number of hydrogen-bond donors (Lipinski definition) is 0. The van der Waals surface area contributed by atoms with Crippen LogP contribution in [0.25, 0.3) is 0 Å². The lowest BCUT2D eigenvalue weighted by molar-refractivity contribution is -0.0169. The van der Waals surface area contributed by atoms with E-state index in [4.69, 9.17) is 4.74 Å². The zero-order valence-corrected chi connectivity index (χ0v) is 13.2. The van der Waals surface area contributed by atoms with E-state index in [1.54, 1.807) is 0 Å². The zero-order chi connectivity index (χ0) is 14.4. The highest BCUT2D eigenvalue weighted by molar-refractivity contribution is 4.97. The largest absolute Gasteiger partial charge is 0.377 e. The minimum atomic E-state index is 0.219. The van der Waals surface area contributed by atoms with E-state index in [1.807, 2.05) is 0 Å². The summed E-state index contributed by atoms with van der Waals surface area (Å²) in [5.41, 5.74) is 0. The summed E-state index contributed by atoms with van der Waals surface area (Å²) in [4.78, 5) is 2.42. The highest BCUT2D eigenvalue weighted by Crippen LogP contribution is 2.34. The summed E-state index contributed by atoms with van der Waals surface area (Å²) >= 11 is 0. The van der Waals surface area contributed by atoms with Crippen molar-refractivity contribution in [3.8, 4) is 6.07 Å². The van der Waals surface area contributed by atoms with E-state index >= 15 is 0 Å². The Hall–Kier alpha value is -0.590. The van der Waals surface area contributed by atoms with E-state index in [9.17, 15) is 5.26 Å². The number of nitriles is 1. The maximum absolute atomic E-state index is 9.42. The molecule has 0 aromatic carbocycles. The number of ether oxygens (including phenoxy) is 1. The smallest absolute Gasteiger partial charge is 0.0702 e. The topological polar surface area (TPSA) is 36.3 Å². The molecule has 1 aliphatic carbocycles. The molecule has 1 saturated heterocycles. The molecule has 1 aliphatic heterocycles. The third-order valence-electron chi connectivity index (χ3n) is 5.12. The summed E-state index contributed by atoms with van der Waals surface area (Å²) in [6.45, 7) is 4.19. The van der Waals surface area contributed by atoms with Crippen molar-refractivity contribution in [3.63, 3.8) is 0 Å². The first-order valence-corrected chi connectivity index (χ1v) is 8.46. The molecule has 20 heavy (non-hydrogen) atoms. The fourth-order valence-corrected chi connectivity index (χ4v) is 3.95. The van der Waals surface area contributed by atoms with Gasteiger partial charge in [0.2, 0.25) is 0 Å². The molecule has 2 rings (SSSR count). The highest BCUT2D eigenvalue weighted by atomic mass is 16.5. The molecule has 114 valence electrons. The van der Waals surface area contributed by atoms with Crippen molar-refractivity contribution in [2.45, 2.75) is 70.4 Å². The molecule has 3 heteroatoms. The Balaban J connectivity index is 1.89. The van der Waals surface area contributed by atoms with E-state index in [-0.39, 0.29) is 5.92 Å². The lowest BCUT2D eigenvalue weighted by Crippen LogP contribution is -2.46. The molecule has 0 amide bonds. The van der Waals surface area contributed by atoms with E-state index in [0.717, 1.165) is 25.5 Å². The van der Waals surface area contributed by atoms with Gasteiger partial charge < -0.3 is 4.74 Å². The molecule has 0 N–H and O–H groups in total. The standard InChI is InChI=1S/C17H30N2O/c1-3-6-14-8-9-15(12-18)17(11-14)19(2)13-16-7-4-5-10-20-16/h14-17H,3-11,13H2,1-2H3. The lowest BCUT2D eigenvalue weighted by atomic mass is 9.76. The van der Waals surface area contributed by atoms with Gasteiger partial charge in [0, 0.05) is 19.2 Å². The molecular weight excluding hydrogens is 248 g/mol. The fourth-order valence-electron chi connectivity index (χ4n) is 3.95. The minimum Gasteiger partial charge on any atom is -0.377 e. The Morgan fingerprint density at radius 3 is 2.75 bits per heavy atom. The molecule has 1 heterocycles. The molecule has 4 unspecified atom stereocenters. The second kappa shape index (κ2) is 8.00. The Morgan fingerprint density at radius 1 is 1.25 bits per heavy atom. The number of rotatable bonds is 5. The molecular formula is C17H30N2O. The first kappa shape index (κ1) is 15.8. The van der Waals surface area contributed by atoms with Crippen LogP contribution in [0.2, 0.25) is 0 Å². The van der Waals surface area contributed by atoms with E-state index < -0.39 is 0 Å². The number of likely N-dealkylation sites (N-methyl/N-ethyl adjacent to an activating group) is 1. The van der Waals surface area contributed by atoms with Crippen LogP contribution in [-0.2, 0) is 4.74 Å². The van der Waals surface area contributed by atoms with Crippen LogP contribution < -0.4 is 0 Å². The van der Waals surface area contributed by atoms with Crippen molar-refractivity contribution in [1.29, 1.82) is 5.26 Å². The predicted octanol–water partition coefficient (Wildman–Crippen LogP) is 3.60. The normalized spacial score (nSPS) is 34.9. The summed E-state index contributed by atoms with van der Waals surface area (Å²) in [6, 6.07) is 2.99. The van der Waals surface area contributed by atoms with Crippen LogP contribution in [0.4, 0.5) is 0 Å². The Morgan fingerprint density at radius 2 is 2.10 bits per heavy atom. The van der Waals surface area contributed by atoms with E-state index in [1.165, 1.54) is 44.9 Å². The average molecular weight is 278 g/mol. The molecule has 4 atom stereocenters. The summed E-state index contributed by atoms with van der Waals surface area (Å²) in [6.07, 6.45) is 10.2. The van der Waals surface area contributed by atoms with Gasteiger partial charge in [-0.3, -0.25) is 4.90 Å². The van der Waals surface area contributed by atoms with Crippen molar-refractivity contribution in [2.24, 2.45) is 11.8 Å². The lowest BCUT2D eigenvalue weighted by Gasteiger charge is -2.40. The second-order valence-corrected chi connectivity index (χ2v) is 6.70. The predicted molar refractivity (Wildman–Crippen MR) is 81.4 cm³/mol. The molecule has 2 aliphatic rings. The van der Waals surface area contributed by atoms with Crippen LogP contribution in [0.5, 0.6) is 0 Å². The first-order chi connectivity index (χ1) is 9.74. The Kier molecular flexibility index (Phi) is 6.32. The van der Waals surface area contributed by atoms with Crippen LogP contribution in [-0.4, -0.2) is 37.2 Å². The monoisotopic (exact) mass is 278 g/mol. The van der Waals surface area contributed by atoms with Crippen LogP contribution >= 0.6 is 0 Å². The van der Waals surface area contributed by atoms with Crippen LogP contribution in [0, 0.1) is 23.2 Å². The summed E-state index contributed by atoms with van der Waals surface area (Å²) in [5, 5.41) is 9.42. The Labute approximate surface area is 124 Å². The Bertz CT molecular complexity index is 319. The van der Waals surface area contributed by atoms with E-state index in [2.05, 4.69) is 24.9 Å². The van der Waals surface area contributed by atoms with Gasteiger partial charge in [-0.05, 0) is 51.5 Å². The van der Waals surface area contributed by atoms with Crippen LogP contribution in [0.1, 0.15) is 58.3 Å². The number of hydrogen-bond acceptors (Lipinski definition) is 3. The molecule has 0 aromatic heterocycles. The van der Waals surface area contributed by atoms with Crippen molar-refractivity contribution < 1.29 is 4.74 Å². The van der Waals surface area contributed by atoms with Gasteiger partial charge in [-0.2, -0.15) is 5.26 Å². The van der Waals surface area contributed by atoms with Crippen LogP contribution in [0.15, 0.2) is 0 Å². The molecule has 0 aromatic rings. The maximum Gasteiger partial charge on any atom is 0.0702 e. The van der Waals surface area contributed by atoms with Crippen molar-refractivity contribution >= 4 is 0 Å². The van der Waals surface area contributed by atoms with Crippen molar-refractivity contribution in [3.05, 3.63) is 0 Å². The van der Waals surface area contributed by atoms with E-state index in [0.29, 0.717) is 12.1 Å². The highest BCUT2D eigenvalue weighted by Gasteiger charge is 2.33. The number of nitrogens with zero attached hydrogens (tertiary/aromatic N) is 2. The molecule has 0 spiro atoms. The van der Waals surface area contributed by atoms with Gasteiger partial charge in [-0.1, -0.05) is 19.8 Å². The van der Waals surface area contributed by atoms with Gasteiger partial charge in [0.1, 0.15) is 0 Å². The van der Waals surface area contributed by atoms with Gasteiger partial charge >= 0.3 is 0 Å². The minimum absolute atomic E-state index is 0.219. The molecule has 1 saturated carbocycles. The molecule has 0 radical (unpaired) electrons. The van der Waals surface area contributed by atoms with Gasteiger partial charge in [0.25, 0.3) is 0 Å². The molecule has 0 bridgehead atoms. The first-order valence-electron chi connectivity index (χ1n) is 8.46. The van der Waals surface area contributed by atoms with Crippen molar-refractivity contribution in [1.82, 2.24) is 4.90 Å². The fraction of sp³-hybridized carbons (Fsp3) is 0.941. The van der Waals surface area contributed by atoms with Gasteiger partial charge in [0.15, 0.2) is 0 Å². The third kappa shape index (κ3) is 4.20. The average Bonchev–Trinajstić information content (AvgIpc) is 2.48. The molecule has 2 fully saturated rings. The molecule has 3 nitrogen and oxygen atoms in total.